The number of benzene rings is 2. The van der Waals surface area contributed by atoms with E-state index in [2.05, 4.69) is 10.0 Å². The van der Waals surface area contributed by atoms with Crippen molar-refractivity contribution in [1.29, 1.82) is 0 Å². The molecule has 0 radical (unpaired) electrons. The fourth-order valence-electron chi connectivity index (χ4n) is 1.48. The van der Waals surface area contributed by atoms with Gasteiger partial charge >= 0.3 is 6.03 Å². The van der Waals surface area contributed by atoms with Gasteiger partial charge in [-0.25, -0.2) is 9.00 Å². The molecule has 0 fully saturated rings. The largest absolute Gasteiger partial charge is 0.331 e. The van der Waals surface area contributed by atoms with Crippen LogP contribution in [0.15, 0.2) is 59.5 Å². The second kappa shape index (κ2) is 6.15. The maximum Gasteiger partial charge on any atom is 0.331 e. The van der Waals surface area contributed by atoms with E-state index >= 15 is 0 Å². The maximum atomic E-state index is 11.9. The molecule has 2 aromatic rings. The summed E-state index contributed by atoms with van der Waals surface area (Å²) in [7, 11) is -1.56. The molecule has 2 rings (SSSR count). The Hall–Kier alpha value is -2.14. The van der Waals surface area contributed by atoms with Crippen molar-refractivity contribution in [3.8, 4) is 0 Å². The second-order valence-electron chi connectivity index (χ2n) is 4.00. The number of carbonyl (C=O) groups excluding carboxylic acids is 1. The molecule has 2 N–H and O–H groups in total. The van der Waals surface area contributed by atoms with E-state index in [9.17, 15) is 9.00 Å². The topological polar surface area (TPSA) is 58.2 Å². The zero-order chi connectivity index (χ0) is 13.7. The number of carbonyl (C=O) groups is 1. The smallest absolute Gasteiger partial charge is 0.307 e. The van der Waals surface area contributed by atoms with Crippen LogP contribution in [0.2, 0.25) is 0 Å². The number of amides is 2. The lowest BCUT2D eigenvalue weighted by atomic mass is 10.2. The molecule has 0 spiro atoms. The number of rotatable bonds is 3. The molecule has 4 nitrogen and oxygen atoms in total. The van der Waals surface area contributed by atoms with Gasteiger partial charge in [-0.05, 0) is 31.2 Å². The minimum atomic E-state index is -1.56. The van der Waals surface area contributed by atoms with Crippen molar-refractivity contribution in [1.82, 2.24) is 4.72 Å². The van der Waals surface area contributed by atoms with E-state index in [1.54, 1.807) is 24.3 Å². The zero-order valence-electron chi connectivity index (χ0n) is 10.4. The van der Waals surface area contributed by atoms with Crippen molar-refractivity contribution in [2.24, 2.45) is 0 Å². The molecule has 0 aliphatic rings. The van der Waals surface area contributed by atoms with Gasteiger partial charge in [-0.1, -0.05) is 35.9 Å². The number of hydrogen-bond donors (Lipinski definition) is 2. The summed E-state index contributed by atoms with van der Waals surface area (Å²) >= 11 is 0. The third-order valence-electron chi connectivity index (χ3n) is 2.45. The summed E-state index contributed by atoms with van der Waals surface area (Å²) in [4.78, 5) is 12.2. The fraction of sp³-hybridized carbons (Fsp3) is 0.0714. The van der Waals surface area contributed by atoms with Gasteiger partial charge in [0.25, 0.3) is 0 Å². The first kappa shape index (κ1) is 13.3. The van der Waals surface area contributed by atoms with Gasteiger partial charge in [0.05, 0.1) is 4.90 Å². The minimum absolute atomic E-state index is 0.495. The summed E-state index contributed by atoms with van der Waals surface area (Å²) in [6.07, 6.45) is 0. The Bertz CT molecular complexity index is 582. The van der Waals surface area contributed by atoms with E-state index in [4.69, 9.17) is 0 Å². The molecule has 0 unspecified atom stereocenters. The van der Waals surface area contributed by atoms with Crippen molar-refractivity contribution in [3.05, 3.63) is 60.2 Å². The third-order valence-corrected chi connectivity index (χ3v) is 3.52. The number of anilines is 1. The highest BCUT2D eigenvalue weighted by molar-refractivity contribution is 7.83. The van der Waals surface area contributed by atoms with Gasteiger partial charge < -0.3 is 5.32 Å². The molecule has 0 heterocycles. The van der Waals surface area contributed by atoms with Crippen LogP contribution in [-0.4, -0.2) is 10.2 Å². The summed E-state index contributed by atoms with van der Waals surface area (Å²) in [5.41, 5.74) is 1.73. The van der Waals surface area contributed by atoms with Gasteiger partial charge in [-0.3, -0.25) is 4.72 Å². The first-order valence-corrected chi connectivity index (χ1v) is 6.91. The van der Waals surface area contributed by atoms with Crippen LogP contribution < -0.4 is 10.0 Å². The third kappa shape index (κ3) is 3.93. The molecular formula is C14H14N2O2S. The Balaban J connectivity index is 1.95. The van der Waals surface area contributed by atoms with Gasteiger partial charge in [0, 0.05) is 5.69 Å². The normalized spacial score (nSPS) is 11.6. The molecule has 2 amide bonds. The zero-order valence-corrected chi connectivity index (χ0v) is 11.2. The van der Waals surface area contributed by atoms with Crippen molar-refractivity contribution in [2.75, 3.05) is 5.32 Å². The van der Waals surface area contributed by atoms with E-state index in [0.29, 0.717) is 10.6 Å². The van der Waals surface area contributed by atoms with Crippen LogP contribution in [0.4, 0.5) is 10.5 Å². The molecule has 2 aromatic carbocycles. The lowest BCUT2D eigenvalue weighted by Crippen LogP contribution is -2.30. The van der Waals surface area contributed by atoms with Crippen molar-refractivity contribution in [2.45, 2.75) is 11.8 Å². The molecule has 5 heteroatoms. The molecule has 0 saturated heterocycles. The van der Waals surface area contributed by atoms with Gasteiger partial charge in [-0.2, -0.15) is 0 Å². The Morgan fingerprint density at radius 2 is 1.63 bits per heavy atom. The Morgan fingerprint density at radius 3 is 2.26 bits per heavy atom. The number of aryl methyl sites for hydroxylation is 1. The average molecular weight is 274 g/mol. The van der Waals surface area contributed by atoms with E-state index in [0.717, 1.165) is 5.56 Å². The minimum Gasteiger partial charge on any atom is -0.307 e. The highest BCUT2D eigenvalue weighted by atomic mass is 32.2. The molecular weight excluding hydrogens is 260 g/mol. The standard InChI is InChI=1S/C14H14N2O2S/c1-11-7-9-13(10-8-11)19(18)16-14(17)15-12-5-3-2-4-6-12/h2-10H,1H3,(H2,15,16,17)/t19-/m0/s1. The van der Waals surface area contributed by atoms with Gasteiger partial charge in [-0.15, -0.1) is 0 Å². The van der Waals surface area contributed by atoms with Crippen molar-refractivity contribution < 1.29 is 9.00 Å². The number of nitrogens with one attached hydrogen (secondary N) is 2. The summed E-state index contributed by atoms with van der Waals surface area (Å²) < 4.78 is 14.3. The van der Waals surface area contributed by atoms with Crippen LogP contribution in [0.25, 0.3) is 0 Å². The van der Waals surface area contributed by atoms with Crippen LogP contribution in [0.1, 0.15) is 5.56 Å². The molecule has 0 aliphatic heterocycles. The van der Waals surface area contributed by atoms with Crippen LogP contribution in [0, 0.1) is 6.92 Å². The number of hydrogen-bond acceptors (Lipinski definition) is 2. The Kier molecular flexibility index (Phi) is 4.30. The summed E-state index contributed by atoms with van der Waals surface area (Å²) in [6, 6.07) is 15.7. The lowest BCUT2D eigenvalue weighted by molar-refractivity contribution is 0.257. The van der Waals surface area contributed by atoms with Crippen LogP contribution in [0.5, 0.6) is 0 Å². The Morgan fingerprint density at radius 1 is 1.00 bits per heavy atom. The van der Waals surface area contributed by atoms with Gasteiger partial charge in [0.2, 0.25) is 0 Å². The molecule has 0 aromatic heterocycles. The molecule has 0 aliphatic carbocycles. The highest BCUT2D eigenvalue weighted by Crippen LogP contribution is 2.08. The average Bonchev–Trinajstić information content (AvgIpc) is 2.40. The lowest BCUT2D eigenvalue weighted by Gasteiger charge is -2.07. The fourth-order valence-corrected chi connectivity index (χ4v) is 2.20. The number of para-hydroxylation sites is 1. The predicted octanol–water partition coefficient (Wildman–Crippen LogP) is 2.84. The van der Waals surface area contributed by atoms with Crippen molar-refractivity contribution >= 4 is 22.7 Å². The molecule has 0 saturated carbocycles. The highest BCUT2D eigenvalue weighted by Gasteiger charge is 2.08. The van der Waals surface area contributed by atoms with Crippen molar-refractivity contribution in [3.63, 3.8) is 0 Å². The van der Waals surface area contributed by atoms with E-state index in [1.165, 1.54) is 0 Å². The van der Waals surface area contributed by atoms with E-state index in [-0.39, 0.29) is 0 Å². The van der Waals surface area contributed by atoms with E-state index in [1.807, 2.05) is 37.3 Å². The van der Waals surface area contributed by atoms with Crippen LogP contribution in [-0.2, 0) is 11.0 Å². The van der Waals surface area contributed by atoms with Gasteiger partial charge in [0.1, 0.15) is 0 Å². The number of urea groups is 1. The van der Waals surface area contributed by atoms with Gasteiger partial charge in [0.15, 0.2) is 11.0 Å². The molecule has 19 heavy (non-hydrogen) atoms. The molecule has 1 atom stereocenters. The molecule has 98 valence electrons. The Labute approximate surface area is 114 Å². The summed E-state index contributed by atoms with van der Waals surface area (Å²) in [5.74, 6) is 0. The first-order chi connectivity index (χ1) is 9.15. The predicted molar refractivity (Wildman–Crippen MR) is 76.2 cm³/mol. The summed E-state index contributed by atoms with van der Waals surface area (Å²) in [5, 5.41) is 2.61. The molecule has 0 bridgehead atoms. The SMILES string of the molecule is Cc1ccc([S@](=O)NC(=O)Nc2ccccc2)cc1. The summed E-state index contributed by atoms with van der Waals surface area (Å²) in [6.45, 7) is 1.95. The quantitative estimate of drug-likeness (QED) is 0.904. The van der Waals surface area contributed by atoms with Crippen LogP contribution >= 0.6 is 0 Å². The van der Waals surface area contributed by atoms with Crippen LogP contribution in [0.3, 0.4) is 0 Å². The van der Waals surface area contributed by atoms with E-state index < -0.39 is 17.0 Å². The monoisotopic (exact) mass is 274 g/mol. The maximum absolute atomic E-state index is 11.9. The second-order valence-corrected chi connectivity index (χ2v) is 5.22. The first-order valence-electron chi connectivity index (χ1n) is 5.76.